The van der Waals surface area contributed by atoms with E-state index in [4.69, 9.17) is 0 Å². The maximum Gasteiger partial charge on any atom is 0.241 e. The van der Waals surface area contributed by atoms with Gasteiger partial charge in [0.25, 0.3) is 0 Å². The van der Waals surface area contributed by atoms with Crippen molar-refractivity contribution >= 4 is 17.5 Å². The number of carbonyl (C=O) groups is 2. The van der Waals surface area contributed by atoms with Crippen LogP contribution < -0.4 is 5.32 Å². The molecular formula is C18H25N3O2. The summed E-state index contributed by atoms with van der Waals surface area (Å²) >= 11 is 0. The molecule has 5 heteroatoms. The van der Waals surface area contributed by atoms with Gasteiger partial charge in [-0.05, 0) is 43.9 Å². The summed E-state index contributed by atoms with van der Waals surface area (Å²) in [4.78, 5) is 28.1. The highest BCUT2D eigenvalue weighted by Gasteiger charge is 2.31. The number of hydrogen-bond donors (Lipinski definition) is 1. The number of carbonyl (C=O) groups excluding carboxylic acids is 2. The molecule has 1 saturated heterocycles. The molecule has 2 aliphatic heterocycles. The Bertz CT molecular complexity index is 602. The zero-order valence-electron chi connectivity index (χ0n) is 13.9. The molecule has 0 spiro atoms. The molecule has 2 amide bonds. The molecule has 0 bridgehead atoms. The van der Waals surface area contributed by atoms with Crippen molar-refractivity contribution in [2.75, 3.05) is 32.0 Å². The third kappa shape index (κ3) is 3.55. The smallest absolute Gasteiger partial charge is 0.241 e. The van der Waals surface area contributed by atoms with Crippen molar-refractivity contribution in [3.8, 4) is 0 Å². The van der Waals surface area contributed by atoms with Gasteiger partial charge >= 0.3 is 0 Å². The van der Waals surface area contributed by atoms with E-state index in [0.29, 0.717) is 5.92 Å². The van der Waals surface area contributed by atoms with Gasteiger partial charge < -0.3 is 10.2 Å². The van der Waals surface area contributed by atoms with E-state index < -0.39 is 0 Å². The first-order chi connectivity index (χ1) is 11.0. The third-order valence-electron chi connectivity index (χ3n) is 5.07. The molecule has 2 heterocycles. The molecule has 0 saturated carbocycles. The fourth-order valence-electron chi connectivity index (χ4n) is 3.72. The highest BCUT2D eigenvalue weighted by atomic mass is 16.2. The van der Waals surface area contributed by atoms with E-state index in [1.54, 1.807) is 6.92 Å². The Labute approximate surface area is 137 Å². The molecule has 1 aromatic rings. The first kappa shape index (κ1) is 16.0. The number of aryl methyl sites for hydroxylation is 1. The van der Waals surface area contributed by atoms with Crippen molar-refractivity contribution in [2.24, 2.45) is 5.92 Å². The zero-order valence-corrected chi connectivity index (χ0v) is 13.9. The van der Waals surface area contributed by atoms with Gasteiger partial charge in [0.1, 0.15) is 0 Å². The SMILES string of the molecule is CC(=O)N1CC[C@H](CN(C)[C@H]2CCc3ccccc3NC2=O)C1. The van der Waals surface area contributed by atoms with Crippen LogP contribution in [0.4, 0.5) is 5.69 Å². The number of fused-ring (bicyclic) bond motifs is 1. The largest absolute Gasteiger partial charge is 0.343 e. The molecular weight excluding hydrogens is 290 g/mol. The third-order valence-corrected chi connectivity index (χ3v) is 5.07. The highest BCUT2D eigenvalue weighted by molar-refractivity contribution is 5.96. The lowest BCUT2D eigenvalue weighted by Crippen LogP contribution is -2.43. The molecule has 1 N–H and O–H groups in total. The van der Waals surface area contributed by atoms with Crippen molar-refractivity contribution in [1.82, 2.24) is 9.80 Å². The number of rotatable bonds is 3. The van der Waals surface area contributed by atoms with Gasteiger partial charge in [-0.25, -0.2) is 0 Å². The van der Waals surface area contributed by atoms with Crippen LogP contribution in [0.25, 0.3) is 0 Å². The molecule has 1 aromatic carbocycles. The number of hydrogen-bond acceptors (Lipinski definition) is 3. The maximum atomic E-state index is 12.5. The minimum atomic E-state index is -0.103. The maximum absolute atomic E-state index is 12.5. The molecule has 5 nitrogen and oxygen atoms in total. The molecule has 23 heavy (non-hydrogen) atoms. The van der Waals surface area contributed by atoms with Crippen LogP contribution >= 0.6 is 0 Å². The van der Waals surface area contributed by atoms with E-state index in [9.17, 15) is 9.59 Å². The van der Waals surface area contributed by atoms with Crippen LogP contribution in [-0.2, 0) is 16.0 Å². The van der Waals surface area contributed by atoms with E-state index in [2.05, 4.69) is 16.3 Å². The van der Waals surface area contributed by atoms with Gasteiger partial charge in [-0.1, -0.05) is 18.2 Å². The van der Waals surface area contributed by atoms with Crippen LogP contribution in [0.3, 0.4) is 0 Å². The molecule has 0 unspecified atom stereocenters. The minimum absolute atomic E-state index is 0.0823. The van der Waals surface area contributed by atoms with E-state index >= 15 is 0 Å². The zero-order chi connectivity index (χ0) is 16.4. The van der Waals surface area contributed by atoms with Gasteiger partial charge in [0.05, 0.1) is 6.04 Å². The molecule has 124 valence electrons. The molecule has 0 radical (unpaired) electrons. The molecule has 2 aliphatic rings. The quantitative estimate of drug-likeness (QED) is 0.924. The van der Waals surface area contributed by atoms with E-state index in [1.165, 1.54) is 5.56 Å². The second kappa shape index (κ2) is 6.71. The van der Waals surface area contributed by atoms with Crippen molar-refractivity contribution in [2.45, 2.75) is 32.2 Å². The van der Waals surface area contributed by atoms with Gasteiger partial charge in [-0.2, -0.15) is 0 Å². The number of amides is 2. The van der Waals surface area contributed by atoms with Gasteiger partial charge in [0, 0.05) is 32.2 Å². The Morgan fingerprint density at radius 3 is 2.87 bits per heavy atom. The fraction of sp³-hybridized carbons (Fsp3) is 0.556. The normalized spacial score (nSPS) is 24.3. The lowest BCUT2D eigenvalue weighted by Gasteiger charge is -2.28. The van der Waals surface area contributed by atoms with E-state index in [0.717, 1.165) is 44.6 Å². The van der Waals surface area contributed by atoms with Gasteiger partial charge in [-0.15, -0.1) is 0 Å². The number of nitrogens with one attached hydrogen (secondary N) is 1. The highest BCUT2D eigenvalue weighted by Crippen LogP contribution is 2.25. The van der Waals surface area contributed by atoms with Crippen molar-refractivity contribution in [1.29, 1.82) is 0 Å². The molecule has 1 fully saturated rings. The topological polar surface area (TPSA) is 52.7 Å². The lowest BCUT2D eigenvalue weighted by atomic mass is 10.0. The van der Waals surface area contributed by atoms with Gasteiger partial charge in [0.2, 0.25) is 11.8 Å². The summed E-state index contributed by atoms with van der Waals surface area (Å²) in [6, 6.07) is 7.92. The Kier molecular flexibility index (Phi) is 4.66. The van der Waals surface area contributed by atoms with Crippen LogP contribution in [0.1, 0.15) is 25.3 Å². The Hall–Kier alpha value is -1.88. The predicted octanol–water partition coefficient (Wildman–Crippen LogP) is 1.74. The predicted molar refractivity (Wildman–Crippen MR) is 90.2 cm³/mol. The van der Waals surface area contributed by atoms with Crippen LogP contribution in [0, 0.1) is 5.92 Å². The number of benzene rings is 1. The number of para-hydroxylation sites is 1. The molecule has 0 aliphatic carbocycles. The first-order valence-electron chi connectivity index (χ1n) is 8.39. The van der Waals surface area contributed by atoms with Crippen molar-refractivity contribution < 1.29 is 9.59 Å². The number of likely N-dealkylation sites (N-methyl/N-ethyl adjacent to an activating group) is 1. The second-order valence-electron chi connectivity index (χ2n) is 6.76. The average Bonchev–Trinajstić information content (AvgIpc) is 2.90. The standard InChI is InChI=1S/C18H25N3O2/c1-13(22)21-10-9-14(12-21)11-20(2)17-8-7-15-5-3-4-6-16(15)19-18(17)23/h3-6,14,17H,7-12H2,1-2H3,(H,19,23)/t14-,17+/m1/s1. The molecule has 2 atom stereocenters. The fourth-order valence-corrected chi connectivity index (χ4v) is 3.72. The molecule has 3 rings (SSSR count). The second-order valence-corrected chi connectivity index (χ2v) is 6.76. The van der Waals surface area contributed by atoms with Gasteiger partial charge in [0.15, 0.2) is 0 Å². The Balaban J connectivity index is 1.61. The first-order valence-corrected chi connectivity index (χ1v) is 8.39. The van der Waals surface area contributed by atoms with Crippen molar-refractivity contribution in [3.05, 3.63) is 29.8 Å². The monoisotopic (exact) mass is 315 g/mol. The van der Waals surface area contributed by atoms with Crippen LogP contribution in [0.15, 0.2) is 24.3 Å². The van der Waals surface area contributed by atoms with Crippen molar-refractivity contribution in [3.63, 3.8) is 0 Å². The van der Waals surface area contributed by atoms with E-state index in [-0.39, 0.29) is 17.9 Å². The summed E-state index contributed by atoms with van der Waals surface area (Å²) in [7, 11) is 2.02. The van der Waals surface area contributed by atoms with Crippen LogP contribution in [0.5, 0.6) is 0 Å². The minimum Gasteiger partial charge on any atom is -0.343 e. The lowest BCUT2D eigenvalue weighted by molar-refractivity contribution is -0.128. The Morgan fingerprint density at radius 2 is 2.13 bits per heavy atom. The number of anilines is 1. The molecule has 0 aromatic heterocycles. The number of likely N-dealkylation sites (tertiary alicyclic amines) is 1. The van der Waals surface area contributed by atoms with Crippen LogP contribution in [-0.4, -0.2) is 54.3 Å². The average molecular weight is 315 g/mol. The summed E-state index contributed by atoms with van der Waals surface area (Å²) in [6.07, 6.45) is 2.77. The van der Waals surface area contributed by atoms with Crippen LogP contribution in [0.2, 0.25) is 0 Å². The summed E-state index contributed by atoms with van der Waals surface area (Å²) < 4.78 is 0. The summed E-state index contributed by atoms with van der Waals surface area (Å²) in [5.41, 5.74) is 2.15. The summed E-state index contributed by atoms with van der Waals surface area (Å²) in [5.74, 6) is 0.694. The summed E-state index contributed by atoms with van der Waals surface area (Å²) in [5, 5.41) is 3.06. The van der Waals surface area contributed by atoms with Gasteiger partial charge in [-0.3, -0.25) is 14.5 Å². The number of nitrogens with zero attached hydrogens (tertiary/aromatic N) is 2. The summed E-state index contributed by atoms with van der Waals surface area (Å²) in [6.45, 7) is 4.14. The van der Waals surface area contributed by atoms with E-state index in [1.807, 2.05) is 30.1 Å². The Morgan fingerprint density at radius 1 is 1.35 bits per heavy atom.